The smallest absolute Gasteiger partial charge is 0.335 e. The number of carboxylic acids is 1. The van der Waals surface area contributed by atoms with Crippen LogP contribution in [0.1, 0.15) is 28.3 Å². The van der Waals surface area contributed by atoms with Crippen LogP contribution in [0.15, 0.2) is 39.5 Å². The molecule has 0 aliphatic carbocycles. The highest BCUT2D eigenvalue weighted by atomic mass is 35.5. The number of nitrogens with zero attached hydrogens (tertiary/aromatic N) is 1. The molecule has 0 bridgehead atoms. The summed E-state index contributed by atoms with van der Waals surface area (Å²) >= 11 is 6.24. The zero-order chi connectivity index (χ0) is 22.4. The Bertz CT molecular complexity index is 1250. The molecule has 0 spiro atoms. The van der Waals surface area contributed by atoms with Crippen molar-refractivity contribution in [2.24, 2.45) is 0 Å². The molecule has 2 aromatic carbocycles. The number of phenols is 2. The number of hydrogen-bond donors (Lipinski definition) is 4. The Morgan fingerprint density at radius 2 is 1.97 bits per heavy atom. The number of aliphatic hydroxyl groups excluding tert-OH is 1. The summed E-state index contributed by atoms with van der Waals surface area (Å²) in [4.78, 5) is 26.0. The van der Waals surface area contributed by atoms with Crippen LogP contribution in [0, 0.1) is 0 Å². The van der Waals surface area contributed by atoms with Gasteiger partial charge >= 0.3 is 5.97 Å². The lowest BCUT2D eigenvalue weighted by Crippen LogP contribution is -2.32. The van der Waals surface area contributed by atoms with E-state index < -0.39 is 17.1 Å². The maximum atomic E-state index is 12.9. The van der Waals surface area contributed by atoms with Gasteiger partial charge in [0.15, 0.2) is 5.43 Å². The van der Waals surface area contributed by atoms with Gasteiger partial charge in [0.05, 0.1) is 17.2 Å². The van der Waals surface area contributed by atoms with E-state index in [1.807, 2.05) is 11.9 Å². The van der Waals surface area contributed by atoms with Crippen molar-refractivity contribution in [1.29, 1.82) is 0 Å². The topological polar surface area (TPSA) is 131 Å². The summed E-state index contributed by atoms with van der Waals surface area (Å²) in [6, 6.07) is 5.98. The van der Waals surface area contributed by atoms with Crippen LogP contribution in [0.4, 0.5) is 0 Å². The summed E-state index contributed by atoms with van der Waals surface area (Å²) in [5.74, 6) is -2.07. The lowest BCUT2D eigenvalue weighted by molar-refractivity contribution is 0.0697. The number of halogens is 1. The first-order valence-corrected chi connectivity index (χ1v) is 9.97. The van der Waals surface area contributed by atoms with Crippen molar-refractivity contribution in [1.82, 2.24) is 4.90 Å². The second-order valence-corrected chi connectivity index (χ2v) is 8.04. The number of aromatic hydroxyl groups is 2. The first kappa shape index (κ1) is 21.2. The third kappa shape index (κ3) is 3.52. The Hall–Kier alpha value is -3.07. The third-order valence-electron chi connectivity index (χ3n) is 5.86. The number of likely N-dealkylation sites (tertiary alicyclic amines) is 1. The average molecular weight is 446 g/mol. The Kier molecular flexibility index (Phi) is 5.38. The molecule has 2 heterocycles. The van der Waals surface area contributed by atoms with Crippen LogP contribution in [0.25, 0.3) is 22.3 Å². The van der Waals surface area contributed by atoms with Gasteiger partial charge in [0.25, 0.3) is 0 Å². The lowest BCUT2D eigenvalue weighted by Gasteiger charge is -2.24. The Morgan fingerprint density at radius 1 is 1.23 bits per heavy atom. The van der Waals surface area contributed by atoms with Crippen LogP contribution in [-0.4, -0.2) is 57.5 Å². The van der Waals surface area contributed by atoms with Gasteiger partial charge in [-0.3, -0.25) is 4.79 Å². The summed E-state index contributed by atoms with van der Waals surface area (Å²) in [5.41, 5.74) is 0.0696. The minimum atomic E-state index is -1.15. The summed E-state index contributed by atoms with van der Waals surface area (Å²) in [6.07, 6.45) is 0.608. The summed E-state index contributed by atoms with van der Waals surface area (Å²) < 4.78 is 5.99. The number of hydrogen-bond acceptors (Lipinski definition) is 7. The number of phenolic OH excluding ortho intramolecular Hbond substituents is 2. The maximum Gasteiger partial charge on any atom is 0.335 e. The fraction of sp³-hybridized carbons (Fsp3) is 0.273. The molecule has 1 saturated heterocycles. The van der Waals surface area contributed by atoms with Gasteiger partial charge in [0.2, 0.25) is 0 Å². The zero-order valence-corrected chi connectivity index (χ0v) is 17.3. The third-order valence-corrected chi connectivity index (χ3v) is 6.17. The molecule has 1 aliphatic rings. The van der Waals surface area contributed by atoms with Crippen molar-refractivity contribution in [2.45, 2.75) is 18.4 Å². The number of aromatic carboxylic acids is 1. The van der Waals surface area contributed by atoms with E-state index in [0.29, 0.717) is 24.1 Å². The summed E-state index contributed by atoms with van der Waals surface area (Å²) in [7, 11) is 1.85. The lowest BCUT2D eigenvalue weighted by atomic mass is 9.89. The van der Waals surface area contributed by atoms with Crippen LogP contribution in [0.2, 0.25) is 5.02 Å². The van der Waals surface area contributed by atoms with Gasteiger partial charge in [-0.1, -0.05) is 11.6 Å². The monoisotopic (exact) mass is 445 g/mol. The highest BCUT2D eigenvalue weighted by Gasteiger charge is 2.36. The van der Waals surface area contributed by atoms with E-state index in [2.05, 4.69) is 0 Å². The maximum absolute atomic E-state index is 12.9. The van der Waals surface area contributed by atoms with Crippen molar-refractivity contribution in [3.05, 3.63) is 56.7 Å². The predicted molar refractivity (Wildman–Crippen MR) is 114 cm³/mol. The number of aliphatic hydroxyl groups is 1. The molecule has 0 radical (unpaired) electrons. The molecule has 162 valence electrons. The van der Waals surface area contributed by atoms with Gasteiger partial charge in [-0.2, -0.15) is 0 Å². The fourth-order valence-electron chi connectivity index (χ4n) is 4.27. The molecule has 4 rings (SSSR count). The molecule has 0 unspecified atom stereocenters. The molecule has 1 aliphatic heterocycles. The summed E-state index contributed by atoms with van der Waals surface area (Å²) in [6.45, 7) is 0.513. The van der Waals surface area contributed by atoms with Crippen molar-refractivity contribution in [3.63, 3.8) is 0 Å². The zero-order valence-electron chi connectivity index (χ0n) is 16.5. The number of rotatable bonds is 4. The summed E-state index contributed by atoms with van der Waals surface area (Å²) in [5, 5.41) is 39.9. The molecule has 4 N–H and O–H groups in total. The van der Waals surface area contributed by atoms with Gasteiger partial charge in [0, 0.05) is 35.2 Å². The first-order valence-electron chi connectivity index (χ1n) is 9.60. The van der Waals surface area contributed by atoms with Gasteiger partial charge in [0.1, 0.15) is 28.2 Å². The molecule has 8 nitrogen and oxygen atoms in total. The molecular weight excluding hydrogens is 426 g/mol. The van der Waals surface area contributed by atoms with Gasteiger partial charge in [-0.05, 0) is 38.2 Å². The van der Waals surface area contributed by atoms with Gasteiger partial charge in [-0.15, -0.1) is 0 Å². The number of carbonyl (C=O) groups is 1. The molecule has 3 aromatic rings. The van der Waals surface area contributed by atoms with Crippen molar-refractivity contribution < 1.29 is 29.6 Å². The normalized spacial score (nSPS) is 19.2. The largest absolute Gasteiger partial charge is 0.507 e. The standard InChI is InChI=1S/C22H20ClNO7/c1-24-5-4-12(14(24)9-25)19-15(26)7-16(27)20-17(28)8-18(31-21(19)20)11-3-2-10(22(29)30)6-13(11)23/h2-3,6-8,12,14,25-27H,4-5,9H2,1H3,(H,29,30)/t12-,14+/m0/s1. The fourth-order valence-corrected chi connectivity index (χ4v) is 4.55. The molecule has 1 aromatic heterocycles. The Balaban J connectivity index is 1.98. The molecule has 31 heavy (non-hydrogen) atoms. The second kappa shape index (κ2) is 7.88. The van der Waals surface area contributed by atoms with Crippen molar-refractivity contribution in [3.8, 4) is 22.8 Å². The second-order valence-electron chi connectivity index (χ2n) is 7.63. The number of likely N-dealkylation sites (N-methyl/N-ethyl adjacent to an activating group) is 1. The van der Waals surface area contributed by atoms with Crippen LogP contribution in [-0.2, 0) is 0 Å². The SMILES string of the molecule is CN1CC[C@H](c2c(O)cc(O)c3c(=O)cc(-c4ccc(C(=O)O)cc4Cl)oc23)[C@H]1CO. The van der Waals surface area contributed by atoms with E-state index in [1.165, 1.54) is 18.2 Å². The van der Waals surface area contributed by atoms with E-state index >= 15 is 0 Å². The van der Waals surface area contributed by atoms with Crippen LogP contribution in [0.5, 0.6) is 11.5 Å². The molecule has 0 saturated carbocycles. The highest BCUT2D eigenvalue weighted by molar-refractivity contribution is 6.33. The van der Waals surface area contributed by atoms with E-state index in [0.717, 1.165) is 12.1 Å². The quantitative estimate of drug-likeness (QED) is 0.482. The number of benzene rings is 2. The van der Waals surface area contributed by atoms with Crippen LogP contribution < -0.4 is 5.43 Å². The Labute approximate surface area is 181 Å². The van der Waals surface area contributed by atoms with Crippen LogP contribution >= 0.6 is 11.6 Å². The van der Waals surface area contributed by atoms with Crippen LogP contribution in [0.3, 0.4) is 0 Å². The van der Waals surface area contributed by atoms with Crippen molar-refractivity contribution in [2.75, 3.05) is 20.2 Å². The molecule has 1 fully saturated rings. The van der Waals surface area contributed by atoms with E-state index in [4.69, 9.17) is 21.1 Å². The average Bonchev–Trinajstić information content (AvgIpc) is 3.07. The number of carboxylic acid groups (broad SMARTS) is 1. The highest BCUT2D eigenvalue weighted by Crippen LogP contribution is 2.44. The molecule has 9 heteroatoms. The number of fused-ring (bicyclic) bond motifs is 1. The molecule has 2 atom stereocenters. The van der Waals surface area contributed by atoms with Gasteiger partial charge < -0.3 is 29.7 Å². The van der Waals surface area contributed by atoms with Crippen molar-refractivity contribution >= 4 is 28.5 Å². The van der Waals surface area contributed by atoms with E-state index in [-0.39, 0.29) is 51.6 Å². The minimum Gasteiger partial charge on any atom is -0.507 e. The molecule has 0 amide bonds. The first-order chi connectivity index (χ1) is 14.7. The minimum absolute atomic E-state index is 0.0112. The molecular formula is C22H20ClNO7. The van der Waals surface area contributed by atoms with E-state index in [9.17, 15) is 24.9 Å². The predicted octanol–water partition coefficient (Wildman–Crippen LogP) is 3.00. The Morgan fingerprint density at radius 3 is 2.61 bits per heavy atom. The van der Waals surface area contributed by atoms with Gasteiger partial charge in [-0.25, -0.2) is 4.79 Å². The van der Waals surface area contributed by atoms with E-state index in [1.54, 1.807) is 0 Å².